The van der Waals surface area contributed by atoms with Crippen molar-refractivity contribution in [3.63, 3.8) is 0 Å². The van der Waals surface area contributed by atoms with Gasteiger partial charge in [-0.25, -0.2) is 4.99 Å². The van der Waals surface area contributed by atoms with Gasteiger partial charge in [0.2, 0.25) is 5.91 Å². The maximum atomic E-state index is 12.1. The molecule has 2 aliphatic heterocycles. The second-order valence-corrected chi connectivity index (χ2v) is 8.48. The van der Waals surface area contributed by atoms with Crippen LogP contribution in [0.25, 0.3) is 0 Å². The number of benzene rings is 1. The Labute approximate surface area is 186 Å². The molecular formula is C23H37N5O3. The zero-order valence-electron chi connectivity index (χ0n) is 19.1. The first kappa shape index (κ1) is 23.3. The molecule has 2 fully saturated rings. The van der Waals surface area contributed by atoms with E-state index in [0.29, 0.717) is 11.9 Å². The zero-order valence-corrected chi connectivity index (χ0v) is 19.1. The number of methoxy groups -OCH3 is 1. The Morgan fingerprint density at radius 1 is 1.26 bits per heavy atom. The number of nitrogens with one attached hydrogen (secondary N) is 2. The lowest BCUT2D eigenvalue weighted by molar-refractivity contribution is -0.127. The highest BCUT2D eigenvalue weighted by Crippen LogP contribution is 2.26. The molecule has 2 unspecified atom stereocenters. The van der Waals surface area contributed by atoms with Crippen LogP contribution in [0.5, 0.6) is 5.75 Å². The number of ether oxygens (including phenoxy) is 2. The summed E-state index contributed by atoms with van der Waals surface area (Å²) in [5, 5.41) is 6.92. The Bertz CT molecular complexity index is 710. The van der Waals surface area contributed by atoms with Crippen LogP contribution in [0, 0.1) is 5.92 Å². The number of amides is 1. The van der Waals surface area contributed by atoms with E-state index >= 15 is 0 Å². The van der Waals surface area contributed by atoms with E-state index in [9.17, 15) is 4.79 Å². The van der Waals surface area contributed by atoms with E-state index in [0.717, 1.165) is 51.6 Å². The summed E-state index contributed by atoms with van der Waals surface area (Å²) >= 11 is 0. The third kappa shape index (κ3) is 7.11. The van der Waals surface area contributed by atoms with Crippen LogP contribution in [-0.4, -0.2) is 88.8 Å². The molecule has 2 atom stereocenters. The molecule has 0 radical (unpaired) electrons. The van der Waals surface area contributed by atoms with E-state index < -0.39 is 0 Å². The third-order valence-electron chi connectivity index (χ3n) is 6.00. The normalized spacial score (nSPS) is 20.5. The average molecular weight is 432 g/mol. The highest BCUT2D eigenvalue weighted by Gasteiger charge is 2.24. The van der Waals surface area contributed by atoms with Gasteiger partial charge in [-0.2, -0.15) is 0 Å². The number of carbonyl (C=O) groups is 1. The largest absolute Gasteiger partial charge is 0.497 e. The molecule has 8 heteroatoms. The molecule has 1 aromatic rings. The first-order valence-electron chi connectivity index (χ1n) is 11.2. The fraction of sp³-hybridized carbons (Fsp3) is 0.652. The van der Waals surface area contributed by atoms with Gasteiger partial charge in [0.1, 0.15) is 12.3 Å². The van der Waals surface area contributed by atoms with Gasteiger partial charge in [0.15, 0.2) is 5.96 Å². The second-order valence-electron chi connectivity index (χ2n) is 8.48. The van der Waals surface area contributed by atoms with Crippen molar-refractivity contribution in [2.75, 3.05) is 67.1 Å². The van der Waals surface area contributed by atoms with Gasteiger partial charge >= 0.3 is 0 Å². The Kier molecular flexibility index (Phi) is 8.97. The summed E-state index contributed by atoms with van der Waals surface area (Å²) in [5.41, 5.74) is 1.25. The minimum Gasteiger partial charge on any atom is -0.497 e. The Morgan fingerprint density at radius 3 is 2.61 bits per heavy atom. The predicted molar refractivity (Wildman–Crippen MR) is 122 cm³/mol. The Balaban J connectivity index is 1.67. The molecule has 31 heavy (non-hydrogen) atoms. The van der Waals surface area contributed by atoms with Crippen molar-refractivity contribution in [2.24, 2.45) is 10.9 Å². The van der Waals surface area contributed by atoms with Crippen LogP contribution in [0.2, 0.25) is 0 Å². The lowest BCUT2D eigenvalue weighted by Crippen LogP contribution is -2.44. The summed E-state index contributed by atoms with van der Waals surface area (Å²) in [6.45, 7) is 5.42. The van der Waals surface area contributed by atoms with Gasteiger partial charge in [0.05, 0.1) is 19.8 Å². The predicted octanol–water partition coefficient (Wildman–Crippen LogP) is 1.49. The Hall–Kier alpha value is -2.32. The van der Waals surface area contributed by atoms with Crippen LogP contribution >= 0.6 is 0 Å². The maximum Gasteiger partial charge on any atom is 0.243 e. The molecule has 0 aliphatic carbocycles. The number of aliphatic imine (C=N–C) groups is 1. The van der Waals surface area contributed by atoms with E-state index in [1.165, 1.54) is 18.4 Å². The molecule has 2 aliphatic rings. The maximum absolute atomic E-state index is 12.1. The van der Waals surface area contributed by atoms with E-state index in [4.69, 9.17) is 9.47 Å². The summed E-state index contributed by atoms with van der Waals surface area (Å²) < 4.78 is 10.8. The van der Waals surface area contributed by atoms with Crippen molar-refractivity contribution < 1.29 is 14.3 Å². The lowest BCUT2D eigenvalue weighted by Gasteiger charge is -2.29. The van der Waals surface area contributed by atoms with E-state index in [2.05, 4.69) is 32.7 Å². The summed E-state index contributed by atoms with van der Waals surface area (Å²) in [6.07, 6.45) is 3.51. The van der Waals surface area contributed by atoms with Gasteiger partial charge in [-0.15, -0.1) is 0 Å². The van der Waals surface area contributed by atoms with Gasteiger partial charge in [-0.1, -0.05) is 12.1 Å². The molecule has 3 rings (SSSR count). The molecule has 0 saturated carbocycles. The lowest BCUT2D eigenvalue weighted by atomic mass is 10.1. The number of likely N-dealkylation sites (N-methyl/N-ethyl adjacent to an activating group) is 1. The first-order valence-corrected chi connectivity index (χ1v) is 11.2. The quantitative estimate of drug-likeness (QED) is 0.456. The fourth-order valence-corrected chi connectivity index (χ4v) is 3.98. The van der Waals surface area contributed by atoms with E-state index in [-0.39, 0.29) is 18.5 Å². The van der Waals surface area contributed by atoms with E-state index in [1.54, 1.807) is 26.1 Å². The monoisotopic (exact) mass is 431 g/mol. The van der Waals surface area contributed by atoms with Crippen molar-refractivity contribution in [2.45, 2.75) is 25.3 Å². The number of rotatable bonds is 9. The van der Waals surface area contributed by atoms with Gasteiger partial charge in [-0.05, 0) is 50.0 Å². The van der Waals surface area contributed by atoms with Crippen LogP contribution in [-0.2, 0) is 9.53 Å². The average Bonchev–Trinajstić information content (AvgIpc) is 3.50. The first-order chi connectivity index (χ1) is 15.1. The molecule has 172 valence electrons. The minimum atomic E-state index is -0.0171. The van der Waals surface area contributed by atoms with Gasteiger partial charge in [-0.3, -0.25) is 9.69 Å². The van der Waals surface area contributed by atoms with Crippen LogP contribution in [0.4, 0.5) is 0 Å². The summed E-state index contributed by atoms with van der Waals surface area (Å²) in [6, 6.07) is 8.54. The van der Waals surface area contributed by atoms with Crippen LogP contribution < -0.4 is 15.4 Å². The third-order valence-corrected chi connectivity index (χ3v) is 6.00. The number of hydrogen-bond acceptors (Lipinski definition) is 5. The van der Waals surface area contributed by atoms with Crippen molar-refractivity contribution in [1.82, 2.24) is 20.4 Å². The number of guanidine groups is 1. The van der Waals surface area contributed by atoms with Crippen LogP contribution in [0.15, 0.2) is 29.3 Å². The van der Waals surface area contributed by atoms with Crippen molar-refractivity contribution in [3.8, 4) is 5.75 Å². The molecule has 1 aromatic carbocycles. The van der Waals surface area contributed by atoms with Crippen LogP contribution in [0.1, 0.15) is 30.9 Å². The summed E-state index contributed by atoms with van der Waals surface area (Å²) in [7, 11) is 5.19. The SMILES string of the molecule is COc1ccc(C(CNC(=NCC(=O)N(C)C)NCC2CCOC2)N2CCCC2)cc1. The van der Waals surface area contributed by atoms with Gasteiger partial charge in [0, 0.05) is 39.7 Å². The van der Waals surface area contributed by atoms with Gasteiger partial charge in [0.25, 0.3) is 0 Å². The smallest absolute Gasteiger partial charge is 0.243 e. The molecule has 0 aromatic heterocycles. The highest BCUT2D eigenvalue weighted by molar-refractivity contribution is 5.84. The second kappa shape index (κ2) is 11.9. The molecule has 2 heterocycles. The fourth-order valence-electron chi connectivity index (χ4n) is 3.98. The minimum absolute atomic E-state index is 0.0171. The van der Waals surface area contributed by atoms with Crippen molar-refractivity contribution >= 4 is 11.9 Å². The summed E-state index contributed by atoms with van der Waals surface area (Å²) in [5.74, 6) is 2.01. The van der Waals surface area contributed by atoms with Crippen LogP contribution in [0.3, 0.4) is 0 Å². The standard InChI is InChI=1S/C23H37N5O3/c1-27(2)22(29)16-26-23(24-14-18-10-13-31-17-18)25-15-21(28-11-4-5-12-28)19-6-8-20(30-3)9-7-19/h6-9,18,21H,4-5,10-17H2,1-3H3,(H2,24,25,26). The molecular weight excluding hydrogens is 394 g/mol. The molecule has 2 N–H and O–H groups in total. The molecule has 0 spiro atoms. The van der Waals surface area contributed by atoms with Crippen molar-refractivity contribution in [1.29, 1.82) is 0 Å². The molecule has 8 nitrogen and oxygen atoms in total. The van der Waals surface area contributed by atoms with E-state index in [1.807, 2.05) is 12.1 Å². The van der Waals surface area contributed by atoms with Gasteiger partial charge < -0.3 is 25.0 Å². The number of nitrogens with zero attached hydrogens (tertiary/aromatic N) is 3. The zero-order chi connectivity index (χ0) is 22.1. The Morgan fingerprint density at radius 2 is 2.00 bits per heavy atom. The molecule has 1 amide bonds. The highest BCUT2D eigenvalue weighted by atomic mass is 16.5. The molecule has 2 saturated heterocycles. The number of hydrogen-bond donors (Lipinski definition) is 2. The topological polar surface area (TPSA) is 78.4 Å². The van der Waals surface area contributed by atoms with Crippen molar-refractivity contribution in [3.05, 3.63) is 29.8 Å². The number of carbonyl (C=O) groups excluding carboxylic acids is 1. The molecule has 0 bridgehead atoms. The number of likely N-dealkylation sites (tertiary alicyclic amines) is 1. The summed E-state index contributed by atoms with van der Waals surface area (Å²) in [4.78, 5) is 20.7.